The van der Waals surface area contributed by atoms with Crippen LogP contribution < -0.4 is 10.4 Å². The highest BCUT2D eigenvalue weighted by Gasteiger charge is 2.44. The van der Waals surface area contributed by atoms with Gasteiger partial charge in [0, 0.05) is 6.20 Å². The second-order valence-corrected chi connectivity index (χ2v) is 5.29. The third kappa shape index (κ3) is 1.93. The van der Waals surface area contributed by atoms with Crippen molar-refractivity contribution in [3.8, 4) is 0 Å². The lowest BCUT2D eigenvalue weighted by molar-refractivity contribution is -0.314. The SMILES string of the molecule is CC(NC(=O)c1cnc2ccccn12)(C(=O)[O-])C1CC1. The topological polar surface area (TPSA) is 86.5 Å². The molecule has 1 aliphatic rings. The summed E-state index contributed by atoms with van der Waals surface area (Å²) in [4.78, 5) is 27.7. The van der Waals surface area contributed by atoms with E-state index in [9.17, 15) is 14.7 Å². The number of hydrogen-bond acceptors (Lipinski definition) is 4. The van der Waals surface area contributed by atoms with E-state index in [2.05, 4.69) is 10.3 Å². The van der Waals surface area contributed by atoms with Crippen LogP contribution in [-0.2, 0) is 4.79 Å². The highest BCUT2D eigenvalue weighted by atomic mass is 16.4. The molecule has 2 aromatic rings. The van der Waals surface area contributed by atoms with E-state index in [-0.39, 0.29) is 5.92 Å². The Morgan fingerprint density at radius 1 is 1.45 bits per heavy atom. The van der Waals surface area contributed by atoms with E-state index in [1.54, 1.807) is 22.7 Å². The molecule has 6 nitrogen and oxygen atoms in total. The molecule has 0 radical (unpaired) electrons. The Bertz CT molecular complexity index is 690. The van der Waals surface area contributed by atoms with Crippen LogP contribution in [-0.4, -0.2) is 26.8 Å². The Labute approximate surface area is 115 Å². The molecule has 1 unspecified atom stereocenters. The van der Waals surface area contributed by atoms with E-state index in [0.717, 1.165) is 12.8 Å². The van der Waals surface area contributed by atoms with Crippen molar-refractivity contribution in [3.63, 3.8) is 0 Å². The molecule has 1 saturated carbocycles. The van der Waals surface area contributed by atoms with Crippen molar-refractivity contribution in [3.05, 3.63) is 36.3 Å². The summed E-state index contributed by atoms with van der Waals surface area (Å²) in [6.45, 7) is 1.50. The van der Waals surface area contributed by atoms with Crippen molar-refractivity contribution in [2.75, 3.05) is 0 Å². The summed E-state index contributed by atoms with van der Waals surface area (Å²) in [5, 5.41) is 13.9. The predicted octanol–water partition coefficient (Wildman–Crippen LogP) is -0.0173. The quantitative estimate of drug-likeness (QED) is 0.847. The van der Waals surface area contributed by atoms with Gasteiger partial charge >= 0.3 is 0 Å². The van der Waals surface area contributed by atoms with Gasteiger partial charge in [-0.3, -0.25) is 9.20 Å². The summed E-state index contributed by atoms with van der Waals surface area (Å²) in [7, 11) is 0. The maximum atomic E-state index is 12.3. The molecule has 6 heteroatoms. The number of nitrogens with one attached hydrogen (secondary N) is 1. The number of carboxylic acids is 1. The van der Waals surface area contributed by atoms with E-state index in [4.69, 9.17) is 0 Å². The molecule has 1 N–H and O–H groups in total. The van der Waals surface area contributed by atoms with Gasteiger partial charge in [0.1, 0.15) is 11.3 Å². The summed E-state index contributed by atoms with van der Waals surface area (Å²) >= 11 is 0. The average Bonchev–Trinajstić information content (AvgIpc) is 3.18. The average molecular weight is 272 g/mol. The van der Waals surface area contributed by atoms with Crippen LogP contribution in [0.5, 0.6) is 0 Å². The summed E-state index contributed by atoms with van der Waals surface area (Å²) in [5.74, 6) is -1.76. The first-order valence-electron chi connectivity index (χ1n) is 6.48. The molecule has 3 rings (SSSR count). The van der Waals surface area contributed by atoms with Crippen molar-refractivity contribution >= 4 is 17.5 Å². The van der Waals surface area contributed by atoms with Gasteiger partial charge in [-0.25, -0.2) is 4.98 Å². The van der Waals surface area contributed by atoms with Crippen LogP contribution in [0.4, 0.5) is 0 Å². The van der Waals surface area contributed by atoms with E-state index in [1.165, 1.54) is 13.1 Å². The Kier molecular flexibility index (Phi) is 2.74. The number of nitrogens with zero attached hydrogens (tertiary/aromatic N) is 2. The van der Waals surface area contributed by atoms with Crippen molar-refractivity contribution in [1.82, 2.24) is 14.7 Å². The first-order chi connectivity index (χ1) is 9.52. The lowest BCUT2D eigenvalue weighted by Gasteiger charge is -2.31. The van der Waals surface area contributed by atoms with Gasteiger partial charge in [-0.05, 0) is 37.8 Å². The number of pyridine rings is 1. The molecule has 1 amide bonds. The lowest BCUT2D eigenvalue weighted by Crippen LogP contribution is -2.59. The highest BCUT2D eigenvalue weighted by molar-refractivity contribution is 5.97. The lowest BCUT2D eigenvalue weighted by atomic mass is 9.96. The minimum Gasteiger partial charge on any atom is -0.548 e. The van der Waals surface area contributed by atoms with Crippen LogP contribution >= 0.6 is 0 Å². The summed E-state index contributed by atoms with van der Waals surface area (Å²) in [6.07, 6.45) is 4.73. The van der Waals surface area contributed by atoms with Crippen LogP contribution in [0.3, 0.4) is 0 Å². The van der Waals surface area contributed by atoms with Crippen molar-refractivity contribution < 1.29 is 14.7 Å². The molecule has 20 heavy (non-hydrogen) atoms. The van der Waals surface area contributed by atoms with E-state index < -0.39 is 17.4 Å². The molecule has 0 aromatic carbocycles. The third-order valence-corrected chi connectivity index (χ3v) is 3.84. The molecule has 2 aromatic heterocycles. The monoisotopic (exact) mass is 272 g/mol. The molecular weight excluding hydrogens is 258 g/mol. The van der Waals surface area contributed by atoms with Gasteiger partial charge < -0.3 is 15.2 Å². The summed E-state index contributed by atoms with van der Waals surface area (Å²) < 4.78 is 1.62. The number of fused-ring (bicyclic) bond motifs is 1. The Balaban J connectivity index is 1.91. The normalized spacial score (nSPS) is 17.6. The van der Waals surface area contributed by atoms with Gasteiger partial charge in [0.15, 0.2) is 0 Å². The molecule has 0 bridgehead atoms. The maximum Gasteiger partial charge on any atom is 0.270 e. The first-order valence-corrected chi connectivity index (χ1v) is 6.48. The van der Waals surface area contributed by atoms with E-state index in [0.29, 0.717) is 11.3 Å². The smallest absolute Gasteiger partial charge is 0.270 e. The fraction of sp³-hybridized carbons (Fsp3) is 0.357. The number of aliphatic carboxylic acids is 1. The molecule has 104 valence electrons. The zero-order valence-corrected chi connectivity index (χ0v) is 11.0. The van der Waals surface area contributed by atoms with Crippen LogP contribution in [0.2, 0.25) is 0 Å². The standard InChI is InChI=1S/C14H15N3O3/c1-14(13(19)20,9-5-6-9)16-12(18)10-8-15-11-4-2-3-7-17(10)11/h2-4,7-9H,5-6H2,1H3,(H,16,18)(H,19,20)/p-1. The number of imidazole rings is 1. The molecule has 0 aliphatic heterocycles. The van der Waals surface area contributed by atoms with Gasteiger partial charge in [0.05, 0.1) is 17.7 Å². The second-order valence-electron chi connectivity index (χ2n) is 5.29. The van der Waals surface area contributed by atoms with Gasteiger partial charge in [-0.2, -0.15) is 0 Å². The fourth-order valence-corrected chi connectivity index (χ4v) is 2.38. The van der Waals surface area contributed by atoms with Crippen molar-refractivity contribution in [1.29, 1.82) is 0 Å². The molecule has 2 heterocycles. The zero-order chi connectivity index (χ0) is 14.3. The van der Waals surface area contributed by atoms with E-state index in [1.807, 2.05) is 6.07 Å². The minimum atomic E-state index is -1.32. The van der Waals surface area contributed by atoms with Crippen molar-refractivity contribution in [2.45, 2.75) is 25.3 Å². The summed E-state index contributed by atoms with van der Waals surface area (Å²) in [5.41, 5.74) is -0.372. The first kappa shape index (κ1) is 12.7. The largest absolute Gasteiger partial charge is 0.548 e. The number of carbonyl (C=O) groups is 2. The predicted molar refractivity (Wildman–Crippen MR) is 68.8 cm³/mol. The second kappa shape index (κ2) is 4.33. The molecular formula is C14H14N3O3-. The molecule has 1 atom stereocenters. The molecule has 0 spiro atoms. The fourth-order valence-electron chi connectivity index (χ4n) is 2.38. The van der Waals surface area contributed by atoms with Gasteiger partial charge in [0.2, 0.25) is 0 Å². The van der Waals surface area contributed by atoms with Crippen LogP contribution in [0.25, 0.3) is 5.65 Å². The van der Waals surface area contributed by atoms with Crippen LogP contribution in [0.15, 0.2) is 30.6 Å². The van der Waals surface area contributed by atoms with Crippen molar-refractivity contribution in [2.24, 2.45) is 5.92 Å². The van der Waals surface area contributed by atoms with Gasteiger partial charge in [0.25, 0.3) is 5.91 Å². The Hall–Kier alpha value is -2.37. The number of hydrogen-bond donors (Lipinski definition) is 1. The number of amides is 1. The molecule has 1 fully saturated rings. The number of aromatic nitrogens is 2. The maximum absolute atomic E-state index is 12.3. The summed E-state index contributed by atoms with van der Waals surface area (Å²) in [6, 6.07) is 5.37. The minimum absolute atomic E-state index is 0.0596. The highest BCUT2D eigenvalue weighted by Crippen LogP contribution is 2.39. The number of carboxylic acid groups (broad SMARTS) is 1. The molecule has 0 saturated heterocycles. The van der Waals surface area contributed by atoms with E-state index >= 15 is 0 Å². The Morgan fingerprint density at radius 2 is 2.20 bits per heavy atom. The number of carbonyl (C=O) groups excluding carboxylic acids is 2. The zero-order valence-electron chi connectivity index (χ0n) is 11.0. The Morgan fingerprint density at radius 3 is 2.85 bits per heavy atom. The number of rotatable bonds is 4. The van der Waals surface area contributed by atoms with Gasteiger partial charge in [-0.1, -0.05) is 6.07 Å². The third-order valence-electron chi connectivity index (χ3n) is 3.84. The molecule has 1 aliphatic carbocycles. The van der Waals surface area contributed by atoms with Crippen LogP contribution in [0, 0.1) is 5.92 Å². The van der Waals surface area contributed by atoms with Crippen LogP contribution in [0.1, 0.15) is 30.3 Å². The van der Waals surface area contributed by atoms with Gasteiger partial charge in [-0.15, -0.1) is 0 Å².